The third-order valence-corrected chi connectivity index (χ3v) is 6.35. The molecule has 134 valence electrons. The number of furan rings is 1. The molecule has 1 atom stereocenters. The fourth-order valence-electron chi connectivity index (χ4n) is 3.04. The molecule has 0 aliphatic carbocycles. The van der Waals surface area contributed by atoms with Crippen LogP contribution in [0.1, 0.15) is 35.9 Å². The van der Waals surface area contributed by atoms with E-state index in [-0.39, 0.29) is 10.8 Å². The minimum atomic E-state index is -3.48. The number of anilines is 1. The van der Waals surface area contributed by atoms with Crippen molar-refractivity contribution in [2.45, 2.75) is 31.6 Å². The number of hydrogen-bond donors (Lipinski definition) is 1. The van der Waals surface area contributed by atoms with Crippen molar-refractivity contribution in [2.24, 2.45) is 5.92 Å². The number of nitrogens with one attached hydrogen (secondary N) is 1. The van der Waals surface area contributed by atoms with Gasteiger partial charge in [0.15, 0.2) is 0 Å². The smallest absolute Gasteiger partial charge is 0.259 e. The highest BCUT2D eigenvalue weighted by Crippen LogP contribution is 2.24. The van der Waals surface area contributed by atoms with E-state index in [9.17, 15) is 13.2 Å². The first-order valence-corrected chi connectivity index (χ1v) is 9.77. The van der Waals surface area contributed by atoms with Crippen LogP contribution >= 0.6 is 0 Å². The summed E-state index contributed by atoms with van der Waals surface area (Å²) in [6.07, 6.45) is 3.41. The van der Waals surface area contributed by atoms with Crippen LogP contribution in [0.3, 0.4) is 0 Å². The highest BCUT2D eigenvalue weighted by molar-refractivity contribution is 7.89. The van der Waals surface area contributed by atoms with Crippen molar-refractivity contribution in [3.8, 4) is 0 Å². The van der Waals surface area contributed by atoms with Crippen LogP contribution in [0.5, 0.6) is 0 Å². The standard InChI is InChI=1S/C18H22N2O4S/c1-13-4-3-10-20(12-13)25(22,23)16-7-5-15(6-8-16)19-18(21)17-9-11-24-14(17)2/h5-9,11,13H,3-4,10,12H2,1-2H3,(H,19,21). The molecule has 7 heteroatoms. The molecule has 1 N–H and O–H groups in total. The SMILES string of the molecule is Cc1occc1C(=O)Nc1ccc(S(=O)(=O)N2CCCC(C)C2)cc1. The van der Waals surface area contributed by atoms with Gasteiger partial charge in [-0.3, -0.25) is 4.79 Å². The van der Waals surface area contributed by atoms with Gasteiger partial charge in [0.05, 0.1) is 16.7 Å². The number of hydrogen-bond acceptors (Lipinski definition) is 4. The van der Waals surface area contributed by atoms with Gasteiger partial charge in [-0.25, -0.2) is 8.42 Å². The molecule has 1 aliphatic rings. The molecular formula is C18H22N2O4S. The molecule has 1 aromatic heterocycles. The number of amides is 1. The number of piperidine rings is 1. The highest BCUT2D eigenvalue weighted by Gasteiger charge is 2.28. The second kappa shape index (κ2) is 7.01. The molecule has 25 heavy (non-hydrogen) atoms. The van der Waals surface area contributed by atoms with E-state index in [0.717, 1.165) is 12.8 Å². The summed E-state index contributed by atoms with van der Waals surface area (Å²) in [5.74, 6) is 0.628. The third kappa shape index (κ3) is 3.77. The van der Waals surface area contributed by atoms with Crippen LogP contribution in [-0.2, 0) is 10.0 Å². The maximum absolute atomic E-state index is 12.7. The Hall–Kier alpha value is -2.12. The zero-order valence-electron chi connectivity index (χ0n) is 14.4. The minimum absolute atomic E-state index is 0.249. The van der Waals surface area contributed by atoms with Crippen LogP contribution in [0.4, 0.5) is 5.69 Å². The summed E-state index contributed by atoms with van der Waals surface area (Å²) in [6.45, 7) is 4.90. The zero-order valence-corrected chi connectivity index (χ0v) is 15.2. The number of benzene rings is 1. The molecule has 1 unspecified atom stereocenters. The Bertz CT molecular complexity index is 855. The highest BCUT2D eigenvalue weighted by atomic mass is 32.2. The van der Waals surface area contributed by atoms with Crippen molar-refractivity contribution < 1.29 is 17.6 Å². The topological polar surface area (TPSA) is 79.6 Å². The first-order chi connectivity index (χ1) is 11.9. The van der Waals surface area contributed by atoms with Gasteiger partial charge in [-0.15, -0.1) is 0 Å². The Labute approximate surface area is 147 Å². The molecule has 1 aliphatic heterocycles. The molecule has 0 saturated carbocycles. The number of nitrogens with zero attached hydrogens (tertiary/aromatic N) is 1. The normalized spacial score (nSPS) is 18.9. The van der Waals surface area contributed by atoms with Crippen molar-refractivity contribution in [1.82, 2.24) is 4.31 Å². The molecule has 0 spiro atoms. The molecule has 3 rings (SSSR count). The Balaban J connectivity index is 1.73. The number of rotatable bonds is 4. The van der Waals surface area contributed by atoms with E-state index in [1.165, 1.54) is 18.4 Å². The van der Waals surface area contributed by atoms with E-state index >= 15 is 0 Å². The Morgan fingerprint density at radius 3 is 2.56 bits per heavy atom. The summed E-state index contributed by atoms with van der Waals surface area (Å²) in [4.78, 5) is 12.4. The molecule has 1 saturated heterocycles. The van der Waals surface area contributed by atoms with Crippen LogP contribution in [0.2, 0.25) is 0 Å². The largest absolute Gasteiger partial charge is 0.469 e. The van der Waals surface area contributed by atoms with E-state index in [1.807, 2.05) is 0 Å². The zero-order chi connectivity index (χ0) is 18.0. The molecule has 1 fully saturated rings. The van der Waals surface area contributed by atoms with Crippen molar-refractivity contribution in [2.75, 3.05) is 18.4 Å². The summed E-state index contributed by atoms with van der Waals surface area (Å²) >= 11 is 0. The van der Waals surface area contributed by atoms with E-state index in [2.05, 4.69) is 12.2 Å². The van der Waals surface area contributed by atoms with Crippen LogP contribution < -0.4 is 5.32 Å². The average molecular weight is 362 g/mol. The summed E-state index contributed by atoms with van der Waals surface area (Å²) in [6, 6.07) is 7.88. The monoisotopic (exact) mass is 362 g/mol. The second-order valence-electron chi connectivity index (χ2n) is 6.48. The predicted octanol–water partition coefficient (Wildman–Crippen LogP) is 3.26. The fourth-order valence-corrected chi connectivity index (χ4v) is 4.64. The maximum atomic E-state index is 12.7. The van der Waals surface area contributed by atoms with E-state index in [1.54, 1.807) is 29.4 Å². The van der Waals surface area contributed by atoms with Gasteiger partial charge in [-0.2, -0.15) is 4.31 Å². The first-order valence-electron chi connectivity index (χ1n) is 8.33. The molecule has 1 amide bonds. The molecule has 0 bridgehead atoms. The van der Waals surface area contributed by atoms with Gasteiger partial charge in [-0.1, -0.05) is 6.92 Å². The lowest BCUT2D eigenvalue weighted by molar-refractivity contribution is 0.102. The van der Waals surface area contributed by atoms with Gasteiger partial charge in [0.1, 0.15) is 5.76 Å². The Morgan fingerprint density at radius 1 is 1.24 bits per heavy atom. The third-order valence-electron chi connectivity index (χ3n) is 4.47. The lowest BCUT2D eigenvalue weighted by Gasteiger charge is -2.30. The Kier molecular flexibility index (Phi) is 4.96. The predicted molar refractivity (Wildman–Crippen MR) is 95.0 cm³/mol. The van der Waals surface area contributed by atoms with Gasteiger partial charge in [0, 0.05) is 18.8 Å². The lowest BCUT2D eigenvalue weighted by atomic mass is 10.0. The summed E-state index contributed by atoms with van der Waals surface area (Å²) in [5.41, 5.74) is 0.996. The quantitative estimate of drug-likeness (QED) is 0.905. The Morgan fingerprint density at radius 2 is 1.96 bits per heavy atom. The van der Waals surface area contributed by atoms with Crippen LogP contribution in [0, 0.1) is 12.8 Å². The van der Waals surface area contributed by atoms with Gasteiger partial charge in [-0.05, 0) is 56.0 Å². The van der Waals surface area contributed by atoms with Crippen LogP contribution in [-0.4, -0.2) is 31.7 Å². The number of carbonyl (C=O) groups is 1. The number of carbonyl (C=O) groups excluding carboxylic acids is 1. The maximum Gasteiger partial charge on any atom is 0.259 e. The summed E-state index contributed by atoms with van der Waals surface area (Å²) < 4.78 is 32.1. The number of sulfonamides is 1. The number of aryl methyl sites for hydroxylation is 1. The van der Waals surface area contributed by atoms with E-state index in [4.69, 9.17) is 4.42 Å². The van der Waals surface area contributed by atoms with Crippen LogP contribution in [0.15, 0.2) is 45.9 Å². The first kappa shape index (κ1) is 17.7. The van der Waals surface area contributed by atoms with E-state index in [0.29, 0.717) is 36.0 Å². The van der Waals surface area contributed by atoms with Crippen molar-refractivity contribution in [3.05, 3.63) is 47.9 Å². The molecule has 6 nitrogen and oxygen atoms in total. The van der Waals surface area contributed by atoms with Crippen molar-refractivity contribution >= 4 is 21.6 Å². The van der Waals surface area contributed by atoms with Crippen molar-refractivity contribution in [3.63, 3.8) is 0 Å². The van der Waals surface area contributed by atoms with Crippen molar-refractivity contribution in [1.29, 1.82) is 0 Å². The lowest BCUT2D eigenvalue weighted by Crippen LogP contribution is -2.39. The second-order valence-corrected chi connectivity index (χ2v) is 8.42. The fraction of sp³-hybridized carbons (Fsp3) is 0.389. The molecular weight excluding hydrogens is 340 g/mol. The van der Waals surface area contributed by atoms with Gasteiger partial charge >= 0.3 is 0 Å². The molecule has 2 heterocycles. The van der Waals surface area contributed by atoms with Crippen LogP contribution in [0.25, 0.3) is 0 Å². The van der Waals surface area contributed by atoms with E-state index < -0.39 is 10.0 Å². The molecule has 0 radical (unpaired) electrons. The molecule has 2 aromatic rings. The average Bonchev–Trinajstić information content (AvgIpc) is 3.01. The van der Waals surface area contributed by atoms with Gasteiger partial charge in [0.25, 0.3) is 5.91 Å². The minimum Gasteiger partial charge on any atom is -0.469 e. The van der Waals surface area contributed by atoms with Gasteiger partial charge < -0.3 is 9.73 Å². The summed E-state index contributed by atoms with van der Waals surface area (Å²) in [7, 11) is -3.48. The van der Waals surface area contributed by atoms with Gasteiger partial charge in [0.2, 0.25) is 10.0 Å². The summed E-state index contributed by atoms with van der Waals surface area (Å²) in [5, 5.41) is 2.74. The molecule has 1 aromatic carbocycles.